The topological polar surface area (TPSA) is 444 Å². The molecule has 0 aliphatic carbocycles. The van der Waals surface area contributed by atoms with Gasteiger partial charge >= 0.3 is 0 Å². The smallest absolute Gasteiger partial charge is 0.289 e. The van der Waals surface area contributed by atoms with E-state index in [4.69, 9.17) is 88.2 Å². The van der Waals surface area contributed by atoms with Crippen LogP contribution in [0.4, 0.5) is 22.7 Å². The highest BCUT2D eigenvalue weighted by Crippen LogP contribution is 2.44. The number of furan rings is 1. The van der Waals surface area contributed by atoms with Gasteiger partial charge in [-0.1, -0.05) is 125 Å². The Labute approximate surface area is 799 Å². The minimum atomic E-state index is -4.22. The van der Waals surface area contributed by atoms with Gasteiger partial charge in [-0.2, -0.15) is 17.2 Å². The van der Waals surface area contributed by atoms with Crippen molar-refractivity contribution >= 4 is 168 Å². The van der Waals surface area contributed by atoms with Crippen LogP contribution in [0.1, 0.15) is 64.8 Å². The Kier molecular flexibility index (Phi) is 34.1. The van der Waals surface area contributed by atoms with Gasteiger partial charge in [-0.05, 0) is 129 Å². The first-order valence-corrected chi connectivity index (χ1v) is 49.2. The number of hydrogen-bond acceptors (Lipinski definition) is 25. The molecule has 36 nitrogen and oxygen atoms in total. The number of nitro groups is 4. The maximum absolute atomic E-state index is 13.6. The molecule has 0 radical (unpaired) electrons. The molecule has 47 heteroatoms. The minimum Gasteiger partial charge on any atom is -0.459 e. The van der Waals surface area contributed by atoms with Crippen LogP contribution in [0.5, 0.6) is 34.5 Å². The maximum Gasteiger partial charge on any atom is 0.289 e. The van der Waals surface area contributed by atoms with Crippen molar-refractivity contribution < 1.29 is 91.2 Å². The molecule has 0 bridgehead atoms. The summed E-state index contributed by atoms with van der Waals surface area (Å²) in [5, 5.41) is 46.8. The number of ether oxygens (including phenoxy) is 3. The van der Waals surface area contributed by atoms with Crippen LogP contribution in [0.3, 0.4) is 0 Å². The summed E-state index contributed by atoms with van der Waals surface area (Å²) in [4.78, 5) is 98.1. The van der Waals surface area contributed by atoms with E-state index in [1.165, 1.54) is 114 Å². The molecule has 4 aliphatic rings. The van der Waals surface area contributed by atoms with Crippen LogP contribution in [0.25, 0.3) is 0 Å². The summed E-state index contributed by atoms with van der Waals surface area (Å²) in [5.74, 6) is -0.351. The van der Waals surface area contributed by atoms with Gasteiger partial charge in [0.05, 0.1) is 41.0 Å². The number of nitrogens with zero attached hydrogens (tertiary/aromatic N) is 12. The molecule has 0 unspecified atom stereocenters. The number of halogens is 6. The number of nitro benzene ring substituents is 4. The fourth-order valence-corrected chi connectivity index (χ4v) is 22.3. The number of carbonyl (C=O) groups excluding carboxylic acids is 4. The summed E-state index contributed by atoms with van der Waals surface area (Å²) in [7, 11) is -16.6. The third-order valence-corrected chi connectivity index (χ3v) is 31.6. The number of benzene rings is 9. The van der Waals surface area contributed by atoms with Crippen LogP contribution in [-0.2, 0) is 49.7 Å². The van der Waals surface area contributed by atoms with Gasteiger partial charge in [0.1, 0.15) is 54.1 Å². The second-order valence-electron chi connectivity index (χ2n) is 30.5. The van der Waals surface area contributed by atoms with E-state index in [0.717, 1.165) is 68.4 Å². The van der Waals surface area contributed by atoms with E-state index >= 15 is 0 Å². The number of piperazine rings is 4. The molecule has 133 heavy (non-hydrogen) atoms. The van der Waals surface area contributed by atoms with Gasteiger partial charge in [-0.15, -0.1) is 0 Å². The average molecular weight is 2040 g/mol. The zero-order valence-electron chi connectivity index (χ0n) is 71.5. The molecule has 0 spiro atoms. The standard InChI is InChI=1S/C24H21Cl2N3O6S.C23H23N3O6S2.C21H23Cl2N3O6S.C18H17Cl2N3O6S/c1-16-2-4-17(5-3-16)24(30)27-10-12-28(13-11-27)36(33,34)23-15-19(29(31)32)7-9-21(23)35-22-14-18(25)6-8-20(22)26;1-16-5-6-17(2)21(14-16)33-20-8-7-18(26(28)29)15-22(20)34(30,31)25-11-9-24(10-12-25)23(27)19-4-3-13-32-19;1-14(2)11-21(27)24-7-9-25(10-8-24)33(30,31)20-13-16(26(28)29)4-6-18(20)32-19-12-15(22)3-5-17(19)23;1-12(24)21-6-8-22(9-7-21)30(27,28)18-11-14(23(25)26)3-5-16(18)29-17-10-13(19)2-4-15(17)20/h2-9,14-15H,10-13H2,1H3;3-8,13-15H,9-12H2,1-2H3;3-6,12-14H,7-11H2,1-2H3;2-5,10-11H,6-9H2,1H3. The summed E-state index contributed by atoms with van der Waals surface area (Å²) in [5.41, 5.74) is 2.03. The van der Waals surface area contributed by atoms with Crippen molar-refractivity contribution in [3.05, 3.63) is 287 Å². The monoisotopic (exact) mass is 2040 g/mol. The number of non-ortho nitro benzene ring substituents is 4. The number of sulfonamides is 4. The Morgan fingerprint density at radius 1 is 0.383 bits per heavy atom. The van der Waals surface area contributed by atoms with Crippen molar-refractivity contribution in [2.75, 3.05) is 105 Å². The lowest BCUT2D eigenvalue weighted by atomic mass is 10.1. The van der Waals surface area contributed by atoms with Gasteiger partial charge in [0.25, 0.3) is 34.6 Å². The highest BCUT2D eigenvalue weighted by molar-refractivity contribution is 8.00. The molecule has 10 aromatic rings. The zero-order valence-corrected chi connectivity index (χ0v) is 80.1. The van der Waals surface area contributed by atoms with E-state index in [0.29, 0.717) is 31.9 Å². The number of amides is 4. The molecule has 0 atom stereocenters. The van der Waals surface area contributed by atoms with Gasteiger partial charge in [0, 0.05) is 215 Å². The lowest BCUT2D eigenvalue weighted by Gasteiger charge is -2.34. The van der Waals surface area contributed by atoms with Gasteiger partial charge in [-0.25, -0.2) is 33.7 Å². The van der Waals surface area contributed by atoms with Crippen molar-refractivity contribution in [2.45, 2.75) is 77.3 Å². The van der Waals surface area contributed by atoms with Gasteiger partial charge in [0.2, 0.25) is 51.9 Å². The Bertz CT molecular complexity index is 6580. The Hall–Kier alpha value is -11.1. The Morgan fingerprint density at radius 3 is 1.08 bits per heavy atom. The van der Waals surface area contributed by atoms with Crippen LogP contribution in [-0.4, -0.2) is 219 Å². The normalized spacial score (nSPS) is 14.8. The molecule has 0 saturated carbocycles. The highest BCUT2D eigenvalue weighted by atomic mass is 35.5. The van der Waals surface area contributed by atoms with Gasteiger partial charge < -0.3 is 38.2 Å². The van der Waals surface area contributed by atoms with Gasteiger partial charge in [0.15, 0.2) is 5.76 Å². The molecule has 4 fully saturated rings. The van der Waals surface area contributed by atoms with Crippen LogP contribution in [0, 0.1) is 67.1 Å². The van der Waals surface area contributed by atoms with Crippen LogP contribution < -0.4 is 14.2 Å². The lowest BCUT2D eigenvalue weighted by Crippen LogP contribution is -2.50. The molecule has 0 N–H and O–H groups in total. The first-order chi connectivity index (χ1) is 62.8. The lowest BCUT2D eigenvalue weighted by molar-refractivity contribution is -0.385. The molecule has 4 saturated heterocycles. The molecule has 704 valence electrons. The molecule has 9 aromatic carbocycles. The second-order valence-corrected chi connectivity index (χ2v) is 41.7. The van der Waals surface area contributed by atoms with Crippen molar-refractivity contribution in [2.24, 2.45) is 5.92 Å². The largest absolute Gasteiger partial charge is 0.459 e. The van der Waals surface area contributed by atoms with Crippen molar-refractivity contribution in [3.8, 4) is 34.5 Å². The van der Waals surface area contributed by atoms with Crippen molar-refractivity contribution in [3.63, 3.8) is 0 Å². The van der Waals surface area contributed by atoms with Crippen molar-refractivity contribution in [1.29, 1.82) is 0 Å². The SMILES string of the molecule is CC(=O)N1CCN(S(=O)(=O)c2cc([N+](=O)[O-])ccc2Oc2cc(Cl)ccc2Cl)CC1.CC(C)CC(=O)N1CCN(S(=O)(=O)c2cc([N+](=O)[O-])ccc2Oc2cc(Cl)ccc2Cl)CC1.Cc1ccc(C(=O)N2CCN(S(=O)(=O)c3cc([N+](=O)[O-])ccc3Oc3cc(Cl)ccc3Cl)CC2)cc1.Cc1ccc(C)c(Sc2ccc([N+](=O)[O-])cc2S(=O)(=O)N2CCN(C(=O)c3ccco3)CC2)c1. The highest BCUT2D eigenvalue weighted by Gasteiger charge is 2.40. The third-order valence-electron chi connectivity index (χ3n) is 20.9. The summed E-state index contributed by atoms with van der Waals surface area (Å²) < 4.78 is 135. The number of aryl methyl sites for hydroxylation is 3. The predicted octanol–water partition coefficient (Wildman–Crippen LogP) is 17.4. The first-order valence-electron chi connectivity index (χ1n) is 40.3. The molecular formula is C86H84Cl6N12O24S5. The summed E-state index contributed by atoms with van der Waals surface area (Å²) in [6.07, 6.45) is 1.79. The van der Waals surface area contributed by atoms with E-state index in [2.05, 4.69) is 0 Å². The fraction of sp³-hybridized carbons (Fsp3) is 0.279. The predicted molar refractivity (Wildman–Crippen MR) is 497 cm³/mol. The molecule has 14 rings (SSSR count). The zero-order chi connectivity index (χ0) is 96.9. The Morgan fingerprint density at radius 2 is 0.722 bits per heavy atom. The quantitative estimate of drug-likeness (QED) is 0.0400. The van der Waals surface area contributed by atoms with Gasteiger partial charge in [-0.3, -0.25) is 59.6 Å². The number of hydrogen-bond donors (Lipinski definition) is 0. The first kappa shape index (κ1) is 102. The maximum atomic E-state index is 13.6. The third kappa shape index (κ3) is 25.7. The average Bonchev–Trinajstić information content (AvgIpc) is 0.820. The van der Waals surface area contributed by atoms with E-state index in [-0.39, 0.29) is 215 Å². The molecule has 5 heterocycles. The van der Waals surface area contributed by atoms with Crippen LogP contribution in [0.15, 0.2) is 222 Å². The summed E-state index contributed by atoms with van der Waals surface area (Å²) in [6.45, 7) is 13.1. The molecule has 4 amide bonds. The molecular weight excluding hydrogens is 1960 g/mol. The van der Waals surface area contributed by atoms with Crippen molar-refractivity contribution in [1.82, 2.24) is 36.8 Å². The van der Waals surface area contributed by atoms with Crippen LogP contribution >= 0.6 is 81.4 Å². The molecule has 1 aromatic heterocycles. The van der Waals surface area contributed by atoms with E-state index < -0.39 is 76.8 Å². The Balaban J connectivity index is 0.000000171. The van der Waals surface area contributed by atoms with E-state index in [1.807, 2.05) is 65.0 Å². The van der Waals surface area contributed by atoms with E-state index in [1.54, 1.807) is 52.3 Å². The van der Waals surface area contributed by atoms with E-state index in [9.17, 15) is 93.3 Å². The number of rotatable bonds is 24. The fourth-order valence-electron chi connectivity index (χ4n) is 13.7. The second kappa shape index (κ2) is 44.4. The summed E-state index contributed by atoms with van der Waals surface area (Å²) >= 11 is 37.6. The number of carbonyl (C=O) groups is 4. The van der Waals surface area contributed by atoms with Crippen LogP contribution in [0.2, 0.25) is 30.1 Å². The molecule has 4 aliphatic heterocycles. The summed E-state index contributed by atoms with van der Waals surface area (Å²) in [6, 6.07) is 43.3. The minimum absolute atomic E-state index is 0.0139.